The summed E-state index contributed by atoms with van der Waals surface area (Å²) >= 11 is 3.05. The SMILES string of the molecule is FC(F)(F)c1cc(Br)ccc1OCC1CCCNC1. The van der Waals surface area contributed by atoms with E-state index >= 15 is 0 Å². The maximum atomic E-state index is 12.9. The maximum Gasteiger partial charge on any atom is 0.420 e. The molecule has 106 valence electrons. The van der Waals surface area contributed by atoms with Crippen LogP contribution < -0.4 is 10.1 Å². The van der Waals surface area contributed by atoms with Gasteiger partial charge in [0.25, 0.3) is 0 Å². The zero-order chi connectivity index (χ0) is 13.9. The molecule has 1 heterocycles. The van der Waals surface area contributed by atoms with Gasteiger partial charge in [-0.25, -0.2) is 0 Å². The Balaban J connectivity index is 2.06. The summed E-state index contributed by atoms with van der Waals surface area (Å²) in [6.45, 7) is 2.10. The second-order valence-electron chi connectivity index (χ2n) is 4.66. The lowest BCUT2D eigenvalue weighted by Crippen LogP contribution is -2.33. The summed E-state index contributed by atoms with van der Waals surface area (Å²) in [6.07, 6.45) is -2.37. The third kappa shape index (κ3) is 4.11. The van der Waals surface area contributed by atoms with E-state index < -0.39 is 11.7 Å². The zero-order valence-electron chi connectivity index (χ0n) is 10.3. The van der Waals surface area contributed by atoms with Crippen molar-refractivity contribution in [3.8, 4) is 5.75 Å². The maximum absolute atomic E-state index is 12.9. The molecule has 1 N–H and O–H groups in total. The molecule has 1 aromatic carbocycles. The number of halogens is 4. The van der Waals surface area contributed by atoms with E-state index in [-0.39, 0.29) is 11.7 Å². The number of rotatable bonds is 3. The molecule has 1 saturated heterocycles. The molecule has 2 nitrogen and oxygen atoms in total. The monoisotopic (exact) mass is 337 g/mol. The van der Waals surface area contributed by atoms with Crippen LogP contribution in [0.3, 0.4) is 0 Å². The lowest BCUT2D eigenvalue weighted by molar-refractivity contribution is -0.139. The number of ether oxygens (including phenoxy) is 1. The molecule has 19 heavy (non-hydrogen) atoms. The van der Waals surface area contributed by atoms with Gasteiger partial charge in [-0.2, -0.15) is 13.2 Å². The van der Waals surface area contributed by atoms with Crippen LogP contribution in [0.2, 0.25) is 0 Å². The number of alkyl halides is 3. The molecular formula is C13H15BrF3NO. The lowest BCUT2D eigenvalue weighted by Gasteiger charge is -2.23. The Morgan fingerprint density at radius 3 is 2.79 bits per heavy atom. The molecule has 1 atom stereocenters. The molecule has 2 rings (SSSR count). The standard InChI is InChI=1S/C13H15BrF3NO/c14-10-3-4-12(11(6-10)13(15,16)17)19-8-9-2-1-5-18-7-9/h3-4,6,9,18H,1-2,5,7-8H2. The minimum atomic E-state index is -4.40. The van der Waals surface area contributed by atoms with E-state index in [1.807, 2.05) is 0 Å². The van der Waals surface area contributed by atoms with Gasteiger partial charge in [-0.05, 0) is 37.6 Å². The molecule has 0 saturated carbocycles. The van der Waals surface area contributed by atoms with Crippen LogP contribution in [-0.2, 0) is 6.18 Å². The first-order chi connectivity index (χ1) is 8.97. The fourth-order valence-corrected chi connectivity index (χ4v) is 2.48. The normalized spacial score (nSPS) is 20.3. The third-order valence-electron chi connectivity index (χ3n) is 3.12. The number of hydrogen-bond acceptors (Lipinski definition) is 2. The number of piperidine rings is 1. The van der Waals surface area contributed by atoms with Crippen molar-refractivity contribution in [1.82, 2.24) is 5.32 Å². The van der Waals surface area contributed by atoms with Gasteiger partial charge in [0.1, 0.15) is 5.75 Å². The van der Waals surface area contributed by atoms with Crippen LogP contribution in [0.25, 0.3) is 0 Å². The highest BCUT2D eigenvalue weighted by atomic mass is 79.9. The Labute approximate surface area is 118 Å². The van der Waals surface area contributed by atoms with Crippen molar-refractivity contribution in [2.45, 2.75) is 19.0 Å². The minimum Gasteiger partial charge on any atom is -0.493 e. The van der Waals surface area contributed by atoms with Gasteiger partial charge in [0, 0.05) is 16.9 Å². The summed E-state index contributed by atoms with van der Waals surface area (Å²) < 4.78 is 44.4. The Kier molecular flexibility index (Phi) is 4.73. The first kappa shape index (κ1) is 14.7. The Morgan fingerprint density at radius 2 is 2.16 bits per heavy atom. The van der Waals surface area contributed by atoms with E-state index in [1.54, 1.807) is 6.07 Å². The molecule has 0 aliphatic carbocycles. The van der Waals surface area contributed by atoms with Gasteiger partial charge >= 0.3 is 6.18 Å². The summed E-state index contributed by atoms with van der Waals surface area (Å²) in [6, 6.07) is 3.97. The molecule has 6 heteroatoms. The summed E-state index contributed by atoms with van der Waals surface area (Å²) in [5.74, 6) is 0.180. The Morgan fingerprint density at radius 1 is 1.37 bits per heavy atom. The highest BCUT2D eigenvalue weighted by Crippen LogP contribution is 2.38. The molecule has 1 unspecified atom stereocenters. The van der Waals surface area contributed by atoms with Crippen molar-refractivity contribution in [3.05, 3.63) is 28.2 Å². The van der Waals surface area contributed by atoms with Crippen LogP contribution in [0.1, 0.15) is 18.4 Å². The summed E-state index contributed by atoms with van der Waals surface area (Å²) in [4.78, 5) is 0. The van der Waals surface area contributed by atoms with Crippen LogP contribution in [0.5, 0.6) is 5.75 Å². The van der Waals surface area contributed by atoms with Gasteiger partial charge in [0.05, 0.1) is 12.2 Å². The first-order valence-corrected chi connectivity index (χ1v) is 6.96. The largest absolute Gasteiger partial charge is 0.493 e. The van der Waals surface area contributed by atoms with E-state index in [0.717, 1.165) is 32.0 Å². The summed E-state index contributed by atoms with van der Waals surface area (Å²) in [5, 5.41) is 3.22. The third-order valence-corrected chi connectivity index (χ3v) is 3.61. The molecule has 1 aromatic rings. The van der Waals surface area contributed by atoms with Crippen molar-refractivity contribution in [2.75, 3.05) is 19.7 Å². The van der Waals surface area contributed by atoms with Crippen molar-refractivity contribution >= 4 is 15.9 Å². The molecule has 1 aliphatic rings. The van der Waals surface area contributed by atoms with E-state index in [0.29, 0.717) is 11.1 Å². The highest BCUT2D eigenvalue weighted by molar-refractivity contribution is 9.10. The average molecular weight is 338 g/mol. The topological polar surface area (TPSA) is 21.3 Å². The van der Waals surface area contributed by atoms with Gasteiger partial charge in [0.2, 0.25) is 0 Å². The fourth-order valence-electron chi connectivity index (χ4n) is 2.12. The highest BCUT2D eigenvalue weighted by Gasteiger charge is 2.34. The first-order valence-electron chi connectivity index (χ1n) is 6.17. The quantitative estimate of drug-likeness (QED) is 0.904. The van der Waals surface area contributed by atoms with Crippen LogP contribution in [0, 0.1) is 5.92 Å². The van der Waals surface area contributed by atoms with Crippen LogP contribution in [0.15, 0.2) is 22.7 Å². The second-order valence-corrected chi connectivity index (χ2v) is 5.58. The van der Waals surface area contributed by atoms with E-state index in [9.17, 15) is 13.2 Å². The van der Waals surface area contributed by atoms with Crippen molar-refractivity contribution in [2.24, 2.45) is 5.92 Å². The molecule has 0 amide bonds. The lowest BCUT2D eigenvalue weighted by atomic mass is 10.0. The second kappa shape index (κ2) is 6.13. The van der Waals surface area contributed by atoms with Gasteiger partial charge in [-0.15, -0.1) is 0 Å². The molecular weight excluding hydrogens is 323 g/mol. The zero-order valence-corrected chi connectivity index (χ0v) is 11.9. The van der Waals surface area contributed by atoms with Gasteiger partial charge < -0.3 is 10.1 Å². The molecule has 0 bridgehead atoms. The molecule has 1 aliphatic heterocycles. The van der Waals surface area contributed by atoms with Gasteiger partial charge in [0.15, 0.2) is 0 Å². The van der Waals surface area contributed by atoms with Crippen LogP contribution >= 0.6 is 15.9 Å². The average Bonchev–Trinajstić information content (AvgIpc) is 2.37. The van der Waals surface area contributed by atoms with Crippen LogP contribution in [-0.4, -0.2) is 19.7 Å². The molecule has 0 radical (unpaired) electrons. The predicted octanol–water partition coefficient (Wildman–Crippen LogP) is 3.85. The van der Waals surface area contributed by atoms with Gasteiger partial charge in [-0.1, -0.05) is 15.9 Å². The number of benzene rings is 1. The molecule has 1 fully saturated rings. The molecule has 0 spiro atoms. The predicted molar refractivity (Wildman–Crippen MR) is 70.2 cm³/mol. The fraction of sp³-hybridized carbons (Fsp3) is 0.538. The number of nitrogens with one attached hydrogen (secondary N) is 1. The van der Waals surface area contributed by atoms with Crippen LogP contribution in [0.4, 0.5) is 13.2 Å². The van der Waals surface area contributed by atoms with Crippen molar-refractivity contribution in [1.29, 1.82) is 0 Å². The van der Waals surface area contributed by atoms with Crippen molar-refractivity contribution < 1.29 is 17.9 Å². The molecule has 0 aromatic heterocycles. The van der Waals surface area contributed by atoms with E-state index in [1.165, 1.54) is 6.07 Å². The Hall–Kier alpha value is -0.750. The van der Waals surface area contributed by atoms with E-state index in [4.69, 9.17) is 4.74 Å². The summed E-state index contributed by atoms with van der Waals surface area (Å²) in [5.41, 5.74) is -0.731. The Bertz CT molecular complexity index is 430. The smallest absolute Gasteiger partial charge is 0.420 e. The number of hydrogen-bond donors (Lipinski definition) is 1. The summed E-state index contributed by atoms with van der Waals surface area (Å²) in [7, 11) is 0. The van der Waals surface area contributed by atoms with E-state index in [2.05, 4.69) is 21.2 Å². The van der Waals surface area contributed by atoms with Crippen molar-refractivity contribution in [3.63, 3.8) is 0 Å². The minimum absolute atomic E-state index is 0.0960. The van der Waals surface area contributed by atoms with Gasteiger partial charge in [-0.3, -0.25) is 0 Å².